The van der Waals surface area contributed by atoms with Crippen molar-refractivity contribution in [3.05, 3.63) is 53.3 Å². The fraction of sp³-hybridized carbons (Fsp3) is 0.267. The Morgan fingerprint density at radius 3 is 2.83 bits per heavy atom. The Labute approximate surface area is 113 Å². The Bertz CT molecular complexity index is 511. The van der Waals surface area contributed by atoms with E-state index < -0.39 is 0 Å². The van der Waals surface area contributed by atoms with Gasteiger partial charge in [0.1, 0.15) is 0 Å². The maximum absolute atomic E-state index is 6.19. The summed E-state index contributed by atoms with van der Waals surface area (Å²) in [6.45, 7) is 4.03. The van der Waals surface area contributed by atoms with Gasteiger partial charge in [0.15, 0.2) is 0 Å². The monoisotopic (exact) mass is 260 g/mol. The first-order valence-corrected chi connectivity index (χ1v) is 6.58. The number of rotatable bonds is 5. The van der Waals surface area contributed by atoms with Gasteiger partial charge in [-0.05, 0) is 30.7 Å². The molecule has 1 N–H and O–H groups in total. The van der Waals surface area contributed by atoms with Crippen LogP contribution in [0.25, 0.3) is 11.1 Å². The Hall–Kier alpha value is -1.38. The molecule has 0 fully saturated rings. The minimum Gasteiger partial charge on any atom is -0.313 e. The first kappa shape index (κ1) is 13.1. The van der Waals surface area contributed by atoms with Crippen LogP contribution >= 0.6 is 11.6 Å². The molecule has 1 aromatic heterocycles. The van der Waals surface area contributed by atoms with Gasteiger partial charge in [-0.3, -0.25) is 4.98 Å². The van der Waals surface area contributed by atoms with Crippen LogP contribution in [0, 0.1) is 0 Å². The van der Waals surface area contributed by atoms with Gasteiger partial charge in [-0.1, -0.05) is 36.7 Å². The molecule has 0 aliphatic heterocycles. The third-order valence-electron chi connectivity index (χ3n) is 2.74. The largest absolute Gasteiger partial charge is 0.313 e. The molecule has 0 saturated heterocycles. The number of hydrogen-bond donors (Lipinski definition) is 1. The lowest BCUT2D eigenvalue weighted by atomic mass is 10.1. The quantitative estimate of drug-likeness (QED) is 0.825. The minimum atomic E-state index is 0.762. The van der Waals surface area contributed by atoms with E-state index in [4.69, 9.17) is 11.6 Å². The fourth-order valence-corrected chi connectivity index (χ4v) is 2.08. The lowest BCUT2D eigenvalue weighted by Gasteiger charge is -2.07. The van der Waals surface area contributed by atoms with Crippen molar-refractivity contribution in [3.8, 4) is 11.1 Å². The van der Waals surface area contributed by atoms with Crippen molar-refractivity contribution < 1.29 is 0 Å². The molecule has 94 valence electrons. The van der Waals surface area contributed by atoms with Crippen molar-refractivity contribution in [2.24, 2.45) is 0 Å². The molecule has 3 heteroatoms. The maximum Gasteiger partial charge on any atom is 0.0484 e. The van der Waals surface area contributed by atoms with Crippen molar-refractivity contribution in [2.45, 2.75) is 19.9 Å². The van der Waals surface area contributed by atoms with Crippen molar-refractivity contribution in [3.63, 3.8) is 0 Å². The molecule has 18 heavy (non-hydrogen) atoms. The van der Waals surface area contributed by atoms with Crippen LogP contribution in [-0.2, 0) is 6.54 Å². The van der Waals surface area contributed by atoms with Crippen LogP contribution in [0.1, 0.15) is 18.9 Å². The molecule has 0 spiro atoms. The van der Waals surface area contributed by atoms with Crippen LogP contribution in [-0.4, -0.2) is 11.5 Å². The average molecular weight is 261 g/mol. The maximum atomic E-state index is 6.19. The second-order valence-electron chi connectivity index (χ2n) is 4.24. The molecule has 0 unspecified atom stereocenters. The highest BCUT2D eigenvalue weighted by Crippen LogP contribution is 2.27. The molecule has 0 atom stereocenters. The van der Waals surface area contributed by atoms with Gasteiger partial charge in [0, 0.05) is 35.1 Å². The van der Waals surface area contributed by atoms with Crippen LogP contribution in [0.4, 0.5) is 0 Å². The number of halogens is 1. The Kier molecular flexibility index (Phi) is 4.73. The molecule has 1 heterocycles. The molecule has 2 rings (SSSR count). The zero-order valence-electron chi connectivity index (χ0n) is 10.5. The van der Waals surface area contributed by atoms with Gasteiger partial charge < -0.3 is 5.32 Å². The molecule has 2 aromatic rings. The van der Waals surface area contributed by atoms with E-state index in [1.165, 1.54) is 5.56 Å². The van der Waals surface area contributed by atoms with Crippen LogP contribution in [0.2, 0.25) is 5.02 Å². The van der Waals surface area contributed by atoms with Gasteiger partial charge in [0.2, 0.25) is 0 Å². The summed E-state index contributed by atoms with van der Waals surface area (Å²) in [7, 11) is 0. The highest BCUT2D eigenvalue weighted by molar-refractivity contribution is 6.33. The summed E-state index contributed by atoms with van der Waals surface area (Å²) in [5.74, 6) is 0. The van der Waals surface area contributed by atoms with E-state index >= 15 is 0 Å². The van der Waals surface area contributed by atoms with Crippen LogP contribution in [0.3, 0.4) is 0 Å². The normalized spacial score (nSPS) is 10.6. The summed E-state index contributed by atoms with van der Waals surface area (Å²) < 4.78 is 0. The van der Waals surface area contributed by atoms with Gasteiger partial charge in [-0.2, -0.15) is 0 Å². The van der Waals surface area contributed by atoms with E-state index in [-0.39, 0.29) is 0 Å². The summed E-state index contributed by atoms with van der Waals surface area (Å²) in [4.78, 5) is 4.28. The van der Waals surface area contributed by atoms with Crippen LogP contribution < -0.4 is 5.32 Å². The zero-order valence-corrected chi connectivity index (χ0v) is 11.2. The number of hydrogen-bond acceptors (Lipinski definition) is 2. The summed E-state index contributed by atoms with van der Waals surface area (Å²) >= 11 is 6.19. The zero-order chi connectivity index (χ0) is 12.8. The van der Waals surface area contributed by atoms with E-state index in [9.17, 15) is 0 Å². The van der Waals surface area contributed by atoms with Crippen LogP contribution in [0.15, 0.2) is 42.7 Å². The summed E-state index contributed by atoms with van der Waals surface area (Å²) in [6, 6.07) is 9.98. The van der Waals surface area contributed by atoms with E-state index in [2.05, 4.69) is 23.3 Å². The van der Waals surface area contributed by atoms with Crippen molar-refractivity contribution in [1.82, 2.24) is 10.3 Å². The molecule has 0 saturated carbocycles. The van der Waals surface area contributed by atoms with Crippen molar-refractivity contribution >= 4 is 11.6 Å². The molecule has 0 aliphatic rings. The fourth-order valence-electron chi connectivity index (χ4n) is 1.84. The number of nitrogens with one attached hydrogen (secondary N) is 1. The highest BCUT2D eigenvalue weighted by atomic mass is 35.5. The predicted octanol–water partition coefficient (Wildman–Crippen LogP) is 3.90. The SMILES string of the molecule is CCCNCc1cncc(-c2ccccc2Cl)c1. The standard InChI is InChI=1S/C15H17ClN2/c1-2-7-17-9-12-8-13(11-18-10-12)14-5-3-4-6-15(14)16/h3-6,8,10-11,17H,2,7,9H2,1H3. The van der Waals surface area contributed by atoms with Gasteiger partial charge in [-0.15, -0.1) is 0 Å². The Morgan fingerprint density at radius 1 is 1.22 bits per heavy atom. The first-order chi connectivity index (χ1) is 8.81. The highest BCUT2D eigenvalue weighted by Gasteiger charge is 2.03. The van der Waals surface area contributed by atoms with E-state index in [0.29, 0.717) is 0 Å². The third kappa shape index (κ3) is 3.31. The average Bonchev–Trinajstić information content (AvgIpc) is 2.40. The topological polar surface area (TPSA) is 24.9 Å². The lowest BCUT2D eigenvalue weighted by Crippen LogP contribution is -2.13. The number of benzene rings is 1. The predicted molar refractivity (Wildman–Crippen MR) is 76.7 cm³/mol. The molecule has 0 aliphatic carbocycles. The minimum absolute atomic E-state index is 0.762. The van der Waals surface area contributed by atoms with Gasteiger partial charge in [0.05, 0.1) is 0 Å². The van der Waals surface area contributed by atoms with Crippen molar-refractivity contribution in [1.29, 1.82) is 0 Å². The molecule has 0 amide bonds. The third-order valence-corrected chi connectivity index (χ3v) is 3.07. The van der Waals surface area contributed by atoms with Gasteiger partial charge >= 0.3 is 0 Å². The molecule has 0 bridgehead atoms. The number of pyridine rings is 1. The number of aromatic nitrogens is 1. The summed E-state index contributed by atoms with van der Waals surface area (Å²) in [6.07, 6.45) is 4.88. The first-order valence-electron chi connectivity index (χ1n) is 6.21. The van der Waals surface area contributed by atoms with Gasteiger partial charge in [-0.25, -0.2) is 0 Å². The Balaban J connectivity index is 2.19. The molecular weight excluding hydrogens is 244 g/mol. The second kappa shape index (κ2) is 6.53. The number of nitrogens with zero attached hydrogens (tertiary/aromatic N) is 1. The molecule has 0 radical (unpaired) electrons. The smallest absolute Gasteiger partial charge is 0.0484 e. The summed E-state index contributed by atoms with van der Waals surface area (Å²) in [5, 5.41) is 4.13. The van der Waals surface area contributed by atoms with Crippen LogP contribution in [0.5, 0.6) is 0 Å². The summed E-state index contributed by atoms with van der Waals surface area (Å²) in [5.41, 5.74) is 3.28. The van der Waals surface area contributed by atoms with E-state index in [1.54, 1.807) is 0 Å². The van der Waals surface area contributed by atoms with Crippen molar-refractivity contribution in [2.75, 3.05) is 6.54 Å². The van der Waals surface area contributed by atoms with Gasteiger partial charge in [0.25, 0.3) is 0 Å². The molecule has 1 aromatic carbocycles. The molecule has 2 nitrogen and oxygen atoms in total. The second-order valence-corrected chi connectivity index (χ2v) is 4.65. The Morgan fingerprint density at radius 2 is 2.06 bits per heavy atom. The van der Waals surface area contributed by atoms with E-state index in [0.717, 1.165) is 35.7 Å². The lowest BCUT2D eigenvalue weighted by molar-refractivity contribution is 0.674. The molecular formula is C15H17ClN2. The van der Waals surface area contributed by atoms with E-state index in [1.807, 2.05) is 36.7 Å².